The summed E-state index contributed by atoms with van der Waals surface area (Å²) in [6.07, 6.45) is -0.697. The van der Waals surface area contributed by atoms with Gasteiger partial charge in [0.1, 0.15) is 5.82 Å². The average molecular weight is 379 g/mol. The van der Waals surface area contributed by atoms with Crippen molar-refractivity contribution >= 4 is 0 Å². The van der Waals surface area contributed by atoms with Crippen LogP contribution in [-0.2, 0) is 17.3 Å². The van der Waals surface area contributed by atoms with E-state index in [0.717, 1.165) is 50.2 Å². The third-order valence-corrected chi connectivity index (χ3v) is 4.37. The molecule has 0 radical (unpaired) electrons. The highest BCUT2D eigenvalue weighted by Gasteiger charge is 2.31. The van der Waals surface area contributed by atoms with Crippen LogP contribution in [0, 0.1) is 0 Å². The van der Waals surface area contributed by atoms with E-state index in [1.807, 2.05) is 0 Å². The second-order valence-electron chi connectivity index (χ2n) is 6.71. The fraction of sp³-hybridized carbons (Fsp3) is 0.500. The van der Waals surface area contributed by atoms with Gasteiger partial charge in [0, 0.05) is 31.0 Å². The molecule has 7 heteroatoms. The number of ether oxygens (including phenoxy) is 1. The molecular weight excluding hydrogens is 355 g/mol. The van der Waals surface area contributed by atoms with Crippen LogP contribution in [0.15, 0.2) is 30.3 Å². The molecule has 146 valence electrons. The summed E-state index contributed by atoms with van der Waals surface area (Å²) in [6, 6.07) is 7.16. The van der Waals surface area contributed by atoms with Crippen molar-refractivity contribution in [2.75, 3.05) is 19.8 Å². The number of hydrogen-bond donors (Lipinski definition) is 1. The smallest absolute Gasteiger partial charge is 0.381 e. The lowest BCUT2D eigenvalue weighted by Gasteiger charge is -2.11. The molecule has 1 saturated heterocycles. The predicted octanol–water partition coefficient (Wildman–Crippen LogP) is 4.56. The average Bonchev–Trinajstić information content (AvgIpc) is 3.49. The van der Waals surface area contributed by atoms with Crippen molar-refractivity contribution < 1.29 is 17.9 Å². The normalized spacial score (nSPS) is 16.5. The molecule has 0 spiro atoms. The van der Waals surface area contributed by atoms with Crippen molar-refractivity contribution in [1.29, 1.82) is 0 Å². The molecule has 2 heterocycles. The van der Waals surface area contributed by atoms with Crippen molar-refractivity contribution in [1.82, 2.24) is 15.3 Å². The van der Waals surface area contributed by atoms with Gasteiger partial charge >= 0.3 is 6.18 Å². The first-order chi connectivity index (χ1) is 13.0. The number of alkyl halides is 3. The van der Waals surface area contributed by atoms with Gasteiger partial charge in [-0.05, 0) is 37.5 Å². The zero-order valence-electron chi connectivity index (χ0n) is 15.4. The van der Waals surface area contributed by atoms with Crippen molar-refractivity contribution in [3.05, 3.63) is 47.4 Å². The van der Waals surface area contributed by atoms with Crippen LogP contribution in [0.1, 0.15) is 49.3 Å². The largest absolute Gasteiger partial charge is 0.416 e. The Labute approximate surface area is 157 Å². The minimum atomic E-state index is -4.37. The third kappa shape index (κ3) is 5.74. The molecule has 1 N–H and O–H groups in total. The number of halogens is 3. The van der Waals surface area contributed by atoms with Gasteiger partial charge in [0.25, 0.3) is 0 Å². The van der Waals surface area contributed by atoms with Gasteiger partial charge in [0.15, 0.2) is 0 Å². The molecule has 2 aromatic rings. The molecular formula is C20H24F3N3O. The van der Waals surface area contributed by atoms with Crippen LogP contribution in [0.2, 0.25) is 0 Å². The number of aromatic nitrogens is 2. The maximum Gasteiger partial charge on any atom is 0.416 e. The summed E-state index contributed by atoms with van der Waals surface area (Å²) in [4.78, 5) is 9.06. The van der Waals surface area contributed by atoms with Crippen LogP contribution < -0.4 is 5.32 Å². The summed E-state index contributed by atoms with van der Waals surface area (Å²) in [6.45, 7) is 4.32. The highest BCUT2D eigenvalue weighted by atomic mass is 19.4. The molecule has 1 fully saturated rings. The third-order valence-electron chi connectivity index (χ3n) is 4.37. The molecule has 0 aliphatic carbocycles. The van der Waals surface area contributed by atoms with Crippen molar-refractivity contribution in [2.24, 2.45) is 0 Å². The molecule has 0 amide bonds. The lowest BCUT2D eigenvalue weighted by molar-refractivity contribution is -0.137. The fourth-order valence-electron chi connectivity index (χ4n) is 2.75. The molecule has 1 aromatic heterocycles. The quantitative estimate of drug-likeness (QED) is 0.513. The molecule has 1 aromatic carbocycles. The van der Waals surface area contributed by atoms with Gasteiger partial charge in [-0.1, -0.05) is 25.5 Å². The van der Waals surface area contributed by atoms with E-state index in [0.29, 0.717) is 30.1 Å². The number of aryl methyl sites for hydroxylation is 1. The van der Waals surface area contributed by atoms with Crippen LogP contribution in [0.5, 0.6) is 0 Å². The summed E-state index contributed by atoms with van der Waals surface area (Å²) >= 11 is 0. The Hall–Kier alpha value is -1.99. The summed E-state index contributed by atoms with van der Waals surface area (Å²) in [5.74, 6) is 0.645. The van der Waals surface area contributed by atoms with Gasteiger partial charge in [0.05, 0.1) is 17.3 Å². The first-order valence-corrected chi connectivity index (χ1v) is 9.34. The van der Waals surface area contributed by atoms with E-state index in [1.165, 1.54) is 6.07 Å². The first-order valence-electron chi connectivity index (χ1n) is 9.34. The summed E-state index contributed by atoms with van der Waals surface area (Å²) in [5.41, 5.74) is 1.15. The van der Waals surface area contributed by atoms with Gasteiger partial charge in [-0.3, -0.25) is 0 Å². The molecule has 0 bridgehead atoms. The van der Waals surface area contributed by atoms with Crippen molar-refractivity contribution in [3.63, 3.8) is 0 Å². The molecule has 4 nitrogen and oxygen atoms in total. The van der Waals surface area contributed by atoms with Crippen LogP contribution >= 0.6 is 0 Å². The van der Waals surface area contributed by atoms with Crippen LogP contribution in [0.25, 0.3) is 11.3 Å². The molecule has 1 aliphatic heterocycles. The molecule has 1 atom stereocenters. The molecule has 27 heavy (non-hydrogen) atoms. The SMILES string of the molecule is CCCCOCCCc1cc(-c2cccc(C(F)(F)F)c2)nc(C2CN2)n1. The van der Waals surface area contributed by atoms with E-state index in [9.17, 15) is 13.2 Å². The van der Waals surface area contributed by atoms with E-state index in [-0.39, 0.29) is 6.04 Å². The monoisotopic (exact) mass is 379 g/mol. The van der Waals surface area contributed by atoms with E-state index < -0.39 is 11.7 Å². The number of nitrogens with zero attached hydrogens (tertiary/aromatic N) is 2. The molecule has 3 rings (SSSR count). The molecule has 0 saturated carbocycles. The minimum Gasteiger partial charge on any atom is -0.381 e. The topological polar surface area (TPSA) is 57.0 Å². The highest BCUT2D eigenvalue weighted by Crippen LogP contribution is 2.32. The number of nitrogens with one attached hydrogen (secondary N) is 1. The van der Waals surface area contributed by atoms with E-state index in [4.69, 9.17) is 4.74 Å². The van der Waals surface area contributed by atoms with E-state index in [1.54, 1.807) is 12.1 Å². The maximum absolute atomic E-state index is 13.0. The van der Waals surface area contributed by atoms with Gasteiger partial charge in [-0.15, -0.1) is 0 Å². The van der Waals surface area contributed by atoms with Gasteiger partial charge in [0.2, 0.25) is 0 Å². The van der Waals surface area contributed by atoms with Gasteiger partial charge in [-0.2, -0.15) is 13.2 Å². The van der Waals surface area contributed by atoms with Crippen LogP contribution in [0.4, 0.5) is 13.2 Å². The van der Waals surface area contributed by atoms with Crippen molar-refractivity contribution in [3.8, 4) is 11.3 Å². The van der Waals surface area contributed by atoms with E-state index >= 15 is 0 Å². The fourth-order valence-corrected chi connectivity index (χ4v) is 2.75. The maximum atomic E-state index is 13.0. The Morgan fingerprint density at radius 2 is 1.93 bits per heavy atom. The van der Waals surface area contributed by atoms with Crippen molar-refractivity contribution in [2.45, 2.75) is 44.8 Å². The summed E-state index contributed by atoms with van der Waals surface area (Å²) < 4.78 is 44.6. The summed E-state index contributed by atoms with van der Waals surface area (Å²) in [7, 11) is 0. The number of hydrogen-bond acceptors (Lipinski definition) is 4. The predicted molar refractivity (Wildman–Crippen MR) is 97.3 cm³/mol. The number of benzene rings is 1. The molecule has 1 aliphatic rings. The number of unbranched alkanes of at least 4 members (excludes halogenated alkanes) is 1. The Morgan fingerprint density at radius 1 is 1.15 bits per heavy atom. The van der Waals surface area contributed by atoms with Gasteiger partial charge in [-0.25, -0.2) is 9.97 Å². The molecule has 1 unspecified atom stereocenters. The first kappa shape index (κ1) is 19.8. The van der Waals surface area contributed by atoms with Crippen LogP contribution in [-0.4, -0.2) is 29.7 Å². The Morgan fingerprint density at radius 3 is 2.63 bits per heavy atom. The zero-order valence-corrected chi connectivity index (χ0v) is 15.4. The highest BCUT2D eigenvalue weighted by molar-refractivity contribution is 5.60. The van der Waals surface area contributed by atoms with Gasteiger partial charge < -0.3 is 10.1 Å². The summed E-state index contributed by atoms with van der Waals surface area (Å²) in [5, 5.41) is 3.15. The minimum absolute atomic E-state index is 0.0929. The Bertz CT molecular complexity index is 760. The standard InChI is InChI=1S/C20H24F3N3O/c1-2-3-9-27-10-5-8-16-12-17(26-19(25-16)18-13-24-18)14-6-4-7-15(11-14)20(21,22)23/h4,6-7,11-12,18,24H,2-3,5,8-10,13H2,1H3. The lowest BCUT2D eigenvalue weighted by Crippen LogP contribution is -2.06. The van der Waals surface area contributed by atoms with Crippen LogP contribution in [0.3, 0.4) is 0 Å². The van der Waals surface area contributed by atoms with E-state index in [2.05, 4.69) is 22.2 Å². The Kier molecular flexibility index (Phi) is 6.44. The lowest BCUT2D eigenvalue weighted by atomic mass is 10.1. The Balaban J connectivity index is 1.76. The number of rotatable bonds is 9. The second-order valence-corrected chi connectivity index (χ2v) is 6.71. The second kappa shape index (κ2) is 8.80. The zero-order chi connectivity index (χ0) is 19.3.